The minimum Gasteiger partial charge on any atom is -0.314 e. The van der Waals surface area contributed by atoms with Crippen LogP contribution in [0.1, 0.15) is 65.2 Å². The summed E-state index contributed by atoms with van der Waals surface area (Å²) in [5.74, 6) is 0. The molecule has 1 aliphatic rings. The lowest BCUT2D eigenvalue weighted by molar-refractivity contribution is 0.301. The first-order valence-electron chi connectivity index (χ1n) is 7.33. The van der Waals surface area contributed by atoms with Crippen LogP contribution < -0.4 is 10.6 Å². The number of hydrogen-bond acceptors (Lipinski definition) is 2. The minimum absolute atomic E-state index is 0.777. The van der Waals surface area contributed by atoms with Gasteiger partial charge in [-0.15, -0.1) is 0 Å². The fourth-order valence-corrected chi connectivity index (χ4v) is 2.53. The Morgan fingerprint density at radius 2 is 1.38 bits per heavy atom. The summed E-state index contributed by atoms with van der Waals surface area (Å²) >= 11 is 0. The Kier molecular flexibility index (Phi) is 7.87. The molecule has 2 heteroatoms. The van der Waals surface area contributed by atoms with Gasteiger partial charge in [0.25, 0.3) is 0 Å². The highest BCUT2D eigenvalue weighted by Gasteiger charge is 2.20. The highest BCUT2D eigenvalue weighted by Crippen LogP contribution is 2.18. The van der Waals surface area contributed by atoms with Gasteiger partial charge in [-0.1, -0.05) is 33.1 Å². The van der Waals surface area contributed by atoms with Crippen LogP contribution in [0.5, 0.6) is 0 Å². The van der Waals surface area contributed by atoms with E-state index < -0.39 is 0 Å². The van der Waals surface area contributed by atoms with Gasteiger partial charge < -0.3 is 10.6 Å². The number of rotatable bonds is 8. The van der Waals surface area contributed by atoms with Crippen molar-refractivity contribution in [3.8, 4) is 0 Å². The van der Waals surface area contributed by atoms with Crippen molar-refractivity contribution in [1.82, 2.24) is 10.6 Å². The van der Waals surface area contributed by atoms with Crippen molar-refractivity contribution in [2.75, 3.05) is 13.1 Å². The molecule has 1 saturated carbocycles. The molecular weight excluding hydrogens is 196 g/mol. The van der Waals surface area contributed by atoms with Gasteiger partial charge in [-0.2, -0.15) is 0 Å². The van der Waals surface area contributed by atoms with Crippen molar-refractivity contribution in [3.05, 3.63) is 0 Å². The van der Waals surface area contributed by atoms with Gasteiger partial charge in [0.1, 0.15) is 0 Å². The van der Waals surface area contributed by atoms with Crippen molar-refractivity contribution in [1.29, 1.82) is 0 Å². The second-order valence-electron chi connectivity index (χ2n) is 5.18. The molecule has 96 valence electrons. The maximum absolute atomic E-state index is 3.70. The van der Waals surface area contributed by atoms with E-state index in [1.54, 1.807) is 0 Å². The highest BCUT2D eigenvalue weighted by atomic mass is 15.0. The summed E-state index contributed by atoms with van der Waals surface area (Å²) in [5.41, 5.74) is 0. The van der Waals surface area contributed by atoms with Crippen LogP contribution in [-0.4, -0.2) is 25.2 Å². The fourth-order valence-electron chi connectivity index (χ4n) is 2.53. The van der Waals surface area contributed by atoms with Gasteiger partial charge in [0.15, 0.2) is 0 Å². The average Bonchev–Trinajstić information content (AvgIpc) is 2.30. The third-order valence-corrected chi connectivity index (χ3v) is 3.60. The van der Waals surface area contributed by atoms with E-state index in [1.807, 2.05) is 0 Å². The van der Waals surface area contributed by atoms with Crippen LogP contribution in [-0.2, 0) is 0 Å². The molecule has 0 saturated heterocycles. The third-order valence-electron chi connectivity index (χ3n) is 3.60. The van der Waals surface area contributed by atoms with Crippen molar-refractivity contribution in [2.45, 2.75) is 77.3 Å². The average molecular weight is 226 g/mol. The van der Waals surface area contributed by atoms with Crippen molar-refractivity contribution >= 4 is 0 Å². The molecule has 1 aliphatic carbocycles. The molecule has 0 aromatic rings. The van der Waals surface area contributed by atoms with Gasteiger partial charge in [0.05, 0.1) is 0 Å². The molecule has 2 unspecified atom stereocenters. The molecule has 0 radical (unpaired) electrons. The topological polar surface area (TPSA) is 24.1 Å². The van der Waals surface area contributed by atoms with E-state index in [9.17, 15) is 0 Å². The van der Waals surface area contributed by atoms with Crippen LogP contribution in [0, 0.1) is 0 Å². The van der Waals surface area contributed by atoms with E-state index in [0.717, 1.165) is 12.1 Å². The van der Waals surface area contributed by atoms with Crippen molar-refractivity contribution in [3.63, 3.8) is 0 Å². The Balaban J connectivity index is 2.09. The van der Waals surface area contributed by atoms with E-state index in [0.29, 0.717) is 0 Å². The maximum Gasteiger partial charge on any atom is 0.00818 e. The third kappa shape index (κ3) is 5.86. The van der Waals surface area contributed by atoms with Crippen LogP contribution in [0.25, 0.3) is 0 Å². The zero-order valence-corrected chi connectivity index (χ0v) is 11.2. The van der Waals surface area contributed by atoms with E-state index in [1.165, 1.54) is 64.5 Å². The van der Waals surface area contributed by atoms with E-state index in [-0.39, 0.29) is 0 Å². The molecule has 0 spiro atoms. The van der Waals surface area contributed by atoms with Crippen LogP contribution >= 0.6 is 0 Å². The number of unbranched alkanes of at least 4 members (excludes halogenated alkanes) is 2. The molecule has 0 aliphatic heterocycles. The summed E-state index contributed by atoms with van der Waals surface area (Å²) < 4.78 is 0. The molecular formula is C14H30N2. The van der Waals surface area contributed by atoms with Crippen molar-refractivity contribution in [2.24, 2.45) is 0 Å². The number of nitrogens with one attached hydrogen (secondary N) is 2. The Morgan fingerprint density at radius 1 is 0.875 bits per heavy atom. The second kappa shape index (κ2) is 9.00. The zero-order valence-electron chi connectivity index (χ0n) is 11.2. The molecule has 2 nitrogen and oxygen atoms in total. The quantitative estimate of drug-likeness (QED) is 0.622. The normalized spacial score (nSPS) is 25.9. The Bertz CT molecular complexity index is 143. The minimum atomic E-state index is 0.777. The largest absolute Gasteiger partial charge is 0.314 e. The lowest BCUT2D eigenvalue weighted by Crippen LogP contribution is -2.42. The smallest absolute Gasteiger partial charge is 0.00818 e. The summed E-state index contributed by atoms with van der Waals surface area (Å²) in [6.07, 6.45) is 10.8. The predicted octanol–water partition coefficient (Wildman–Crippen LogP) is 3.08. The zero-order chi connectivity index (χ0) is 11.6. The molecule has 0 amide bonds. The van der Waals surface area contributed by atoms with Gasteiger partial charge >= 0.3 is 0 Å². The molecule has 0 aromatic heterocycles. The molecule has 0 heterocycles. The second-order valence-corrected chi connectivity index (χ2v) is 5.18. The molecule has 2 N–H and O–H groups in total. The molecule has 0 bridgehead atoms. The monoisotopic (exact) mass is 226 g/mol. The van der Waals surface area contributed by atoms with Crippen LogP contribution in [0.3, 0.4) is 0 Å². The van der Waals surface area contributed by atoms with Crippen LogP contribution in [0.2, 0.25) is 0 Å². The van der Waals surface area contributed by atoms with Gasteiger partial charge in [-0.25, -0.2) is 0 Å². The maximum atomic E-state index is 3.70. The molecule has 0 aromatic carbocycles. The first-order valence-corrected chi connectivity index (χ1v) is 7.33. The molecule has 1 rings (SSSR count). The Morgan fingerprint density at radius 3 is 1.81 bits per heavy atom. The SMILES string of the molecule is CCCCNC1CCCC(NCCCC)C1. The van der Waals surface area contributed by atoms with E-state index in [4.69, 9.17) is 0 Å². The van der Waals surface area contributed by atoms with E-state index in [2.05, 4.69) is 24.5 Å². The molecule has 1 fully saturated rings. The standard InChI is InChI=1S/C14H30N2/c1-3-5-10-15-13-8-7-9-14(12-13)16-11-6-4-2/h13-16H,3-12H2,1-2H3. The first kappa shape index (κ1) is 14.0. The van der Waals surface area contributed by atoms with E-state index >= 15 is 0 Å². The summed E-state index contributed by atoms with van der Waals surface area (Å²) in [5, 5.41) is 7.41. The van der Waals surface area contributed by atoms with Crippen molar-refractivity contribution < 1.29 is 0 Å². The summed E-state index contributed by atoms with van der Waals surface area (Å²) in [7, 11) is 0. The Hall–Kier alpha value is -0.0800. The predicted molar refractivity (Wildman–Crippen MR) is 71.9 cm³/mol. The highest BCUT2D eigenvalue weighted by molar-refractivity contribution is 4.81. The van der Waals surface area contributed by atoms with Gasteiger partial charge in [0, 0.05) is 12.1 Å². The molecule has 16 heavy (non-hydrogen) atoms. The first-order chi connectivity index (χ1) is 7.86. The van der Waals surface area contributed by atoms with Gasteiger partial charge in [0.2, 0.25) is 0 Å². The summed E-state index contributed by atoms with van der Waals surface area (Å²) in [6.45, 7) is 6.95. The summed E-state index contributed by atoms with van der Waals surface area (Å²) in [6, 6.07) is 1.55. The lowest BCUT2D eigenvalue weighted by Gasteiger charge is -2.30. The fraction of sp³-hybridized carbons (Fsp3) is 1.00. The summed E-state index contributed by atoms with van der Waals surface area (Å²) in [4.78, 5) is 0. The van der Waals surface area contributed by atoms with Crippen LogP contribution in [0.15, 0.2) is 0 Å². The lowest BCUT2D eigenvalue weighted by atomic mass is 9.91. The number of hydrogen-bond donors (Lipinski definition) is 2. The van der Waals surface area contributed by atoms with Gasteiger partial charge in [-0.3, -0.25) is 0 Å². The molecule has 2 atom stereocenters. The van der Waals surface area contributed by atoms with Crippen LogP contribution in [0.4, 0.5) is 0 Å². The Labute approximate surface area is 102 Å². The van der Waals surface area contributed by atoms with Gasteiger partial charge in [-0.05, 0) is 45.2 Å².